The second-order valence-electron chi connectivity index (χ2n) is 3.87. The van der Waals surface area contributed by atoms with Gasteiger partial charge in [-0.05, 0) is 31.8 Å². The SMILES string of the molecule is CN(C)Cc1ccccc1-c1ccco1. The minimum absolute atomic E-state index is 0.927. The van der Waals surface area contributed by atoms with Crippen LogP contribution in [0.4, 0.5) is 0 Å². The Hall–Kier alpha value is -1.54. The summed E-state index contributed by atoms with van der Waals surface area (Å²) in [4.78, 5) is 2.15. The summed E-state index contributed by atoms with van der Waals surface area (Å²) < 4.78 is 5.42. The minimum atomic E-state index is 0.927. The lowest BCUT2D eigenvalue weighted by molar-refractivity contribution is 0.402. The number of rotatable bonds is 3. The molecule has 15 heavy (non-hydrogen) atoms. The van der Waals surface area contributed by atoms with Gasteiger partial charge in [0.25, 0.3) is 0 Å². The van der Waals surface area contributed by atoms with Crippen molar-refractivity contribution < 1.29 is 4.42 Å². The zero-order valence-electron chi connectivity index (χ0n) is 9.10. The van der Waals surface area contributed by atoms with Crippen LogP contribution in [0.3, 0.4) is 0 Å². The van der Waals surface area contributed by atoms with Gasteiger partial charge in [-0.1, -0.05) is 24.3 Å². The highest BCUT2D eigenvalue weighted by Crippen LogP contribution is 2.24. The van der Waals surface area contributed by atoms with E-state index in [1.165, 1.54) is 11.1 Å². The van der Waals surface area contributed by atoms with Crippen LogP contribution in [-0.2, 0) is 6.54 Å². The molecule has 1 heterocycles. The molecule has 0 aliphatic rings. The fourth-order valence-electron chi connectivity index (χ4n) is 1.67. The maximum absolute atomic E-state index is 5.42. The summed E-state index contributed by atoms with van der Waals surface area (Å²) in [5.41, 5.74) is 2.47. The van der Waals surface area contributed by atoms with E-state index in [1.54, 1.807) is 6.26 Å². The van der Waals surface area contributed by atoms with Crippen LogP contribution < -0.4 is 0 Å². The van der Waals surface area contributed by atoms with Crippen molar-refractivity contribution in [3.63, 3.8) is 0 Å². The van der Waals surface area contributed by atoms with E-state index in [1.807, 2.05) is 18.2 Å². The first-order valence-electron chi connectivity index (χ1n) is 5.04. The largest absolute Gasteiger partial charge is 0.464 e. The molecule has 0 N–H and O–H groups in total. The molecule has 0 spiro atoms. The lowest BCUT2D eigenvalue weighted by atomic mass is 10.1. The summed E-state index contributed by atoms with van der Waals surface area (Å²) in [6.45, 7) is 0.927. The zero-order chi connectivity index (χ0) is 10.7. The van der Waals surface area contributed by atoms with Crippen LogP contribution in [0.15, 0.2) is 47.1 Å². The van der Waals surface area contributed by atoms with E-state index in [0.29, 0.717) is 0 Å². The fourth-order valence-corrected chi connectivity index (χ4v) is 1.67. The molecule has 0 saturated carbocycles. The highest BCUT2D eigenvalue weighted by molar-refractivity contribution is 5.61. The number of furan rings is 1. The van der Waals surface area contributed by atoms with Crippen molar-refractivity contribution in [2.75, 3.05) is 14.1 Å². The number of hydrogen-bond acceptors (Lipinski definition) is 2. The summed E-state index contributed by atoms with van der Waals surface area (Å²) in [5, 5.41) is 0. The van der Waals surface area contributed by atoms with Crippen molar-refractivity contribution in [1.82, 2.24) is 4.90 Å². The monoisotopic (exact) mass is 201 g/mol. The van der Waals surface area contributed by atoms with Crippen molar-refractivity contribution in [2.45, 2.75) is 6.54 Å². The topological polar surface area (TPSA) is 16.4 Å². The molecule has 1 aromatic carbocycles. The van der Waals surface area contributed by atoms with Crippen LogP contribution in [0, 0.1) is 0 Å². The molecular formula is C13H15NO. The summed E-state index contributed by atoms with van der Waals surface area (Å²) >= 11 is 0. The first-order chi connectivity index (χ1) is 7.27. The van der Waals surface area contributed by atoms with E-state index in [2.05, 4.69) is 37.2 Å². The molecule has 2 rings (SSSR count). The molecule has 0 radical (unpaired) electrons. The Balaban J connectivity index is 2.38. The van der Waals surface area contributed by atoms with Crippen molar-refractivity contribution >= 4 is 0 Å². The first kappa shape index (κ1) is 9.99. The quantitative estimate of drug-likeness (QED) is 0.759. The Morgan fingerprint density at radius 1 is 1.07 bits per heavy atom. The average Bonchev–Trinajstić information content (AvgIpc) is 2.70. The lowest BCUT2D eigenvalue weighted by Crippen LogP contribution is -2.11. The molecule has 78 valence electrons. The van der Waals surface area contributed by atoms with Gasteiger partial charge in [0.1, 0.15) is 5.76 Å². The van der Waals surface area contributed by atoms with Gasteiger partial charge in [0, 0.05) is 12.1 Å². The Labute approximate surface area is 90.1 Å². The molecule has 2 nitrogen and oxygen atoms in total. The smallest absolute Gasteiger partial charge is 0.134 e. The van der Waals surface area contributed by atoms with Crippen molar-refractivity contribution in [3.05, 3.63) is 48.2 Å². The van der Waals surface area contributed by atoms with E-state index in [4.69, 9.17) is 4.42 Å². The van der Waals surface area contributed by atoms with Crippen molar-refractivity contribution in [2.24, 2.45) is 0 Å². The minimum Gasteiger partial charge on any atom is -0.464 e. The maximum Gasteiger partial charge on any atom is 0.134 e. The van der Waals surface area contributed by atoms with E-state index in [0.717, 1.165) is 12.3 Å². The fraction of sp³-hybridized carbons (Fsp3) is 0.231. The Morgan fingerprint density at radius 2 is 1.87 bits per heavy atom. The van der Waals surface area contributed by atoms with Gasteiger partial charge in [0.15, 0.2) is 0 Å². The summed E-state index contributed by atoms with van der Waals surface area (Å²) in [7, 11) is 4.14. The number of hydrogen-bond donors (Lipinski definition) is 0. The van der Waals surface area contributed by atoms with E-state index in [9.17, 15) is 0 Å². The van der Waals surface area contributed by atoms with Gasteiger partial charge < -0.3 is 9.32 Å². The van der Waals surface area contributed by atoms with Crippen molar-refractivity contribution in [3.8, 4) is 11.3 Å². The predicted molar refractivity (Wildman–Crippen MR) is 61.5 cm³/mol. The second kappa shape index (κ2) is 4.32. The van der Waals surface area contributed by atoms with Crippen LogP contribution in [0.1, 0.15) is 5.56 Å². The third kappa shape index (κ3) is 2.28. The van der Waals surface area contributed by atoms with Gasteiger partial charge in [-0.15, -0.1) is 0 Å². The summed E-state index contributed by atoms with van der Waals surface area (Å²) in [6.07, 6.45) is 1.71. The molecule has 0 fully saturated rings. The van der Waals surface area contributed by atoms with Crippen LogP contribution in [0.5, 0.6) is 0 Å². The first-order valence-corrected chi connectivity index (χ1v) is 5.04. The molecule has 0 saturated heterocycles. The molecule has 2 aromatic rings. The van der Waals surface area contributed by atoms with Crippen LogP contribution >= 0.6 is 0 Å². The standard InChI is InChI=1S/C13H15NO/c1-14(2)10-11-6-3-4-7-12(11)13-8-5-9-15-13/h3-9H,10H2,1-2H3. The van der Waals surface area contributed by atoms with Crippen LogP contribution in [0.2, 0.25) is 0 Å². The van der Waals surface area contributed by atoms with Gasteiger partial charge in [-0.2, -0.15) is 0 Å². The van der Waals surface area contributed by atoms with Gasteiger partial charge >= 0.3 is 0 Å². The van der Waals surface area contributed by atoms with Crippen molar-refractivity contribution in [1.29, 1.82) is 0 Å². The average molecular weight is 201 g/mol. The molecule has 0 unspecified atom stereocenters. The van der Waals surface area contributed by atoms with E-state index < -0.39 is 0 Å². The van der Waals surface area contributed by atoms with E-state index in [-0.39, 0.29) is 0 Å². The molecule has 1 aromatic heterocycles. The molecule has 0 atom stereocenters. The lowest BCUT2D eigenvalue weighted by Gasteiger charge is -2.12. The highest BCUT2D eigenvalue weighted by atomic mass is 16.3. The van der Waals surface area contributed by atoms with Crippen LogP contribution in [-0.4, -0.2) is 19.0 Å². The van der Waals surface area contributed by atoms with Crippen LogP contribution in [0.25, 0.3) is 11.3 Å². The molecule has 2 heteroatoms. The zero-order valence-corrected chi connectivity index (χ0v) is 9.10. The van der Waals surface area contributed by atoms with Gasteiger partial charge in [-0.25, -0.2) is 0 Å². The molecule has 0 bridgehead atoms. The Morgan fingerprint density at radius 3 is 2.53 bits per heavy atom. The van der Waals surface area contributed by atoms with Gasteiger partial charge in [-0.3, -0.25) is 0 Å². The number of nitrogens with zero attached hydrogens (tertiary/aromatic N) is 1. The maximum atomic E-state index is 5.42. The third-order valence-electron chi connectivity index (χ3n) is 2.29. The summed E-state index contributed by atoms with van der Waals surface area (Å²) in [5.74, 6) is 0.937. The third-order valence-corrected chi connectivity index (χ3v) is 2.29. The number of benzene rings is 1. The predicted octanol–water partition coefficient (Wildman–Crippen LogP) is 3.01. The van der Waals surface area contributed by atoms with Gasteiger partial charge in [0.2, 0.25) is 0 Å². The molecule has 0 aliphatic heterocycles. The molecule has 0 amide bonds. The Bertz CT molecular complexity index is 418. The Kier molecular flexibility index (Phi) is 2.88. The van der Waals surface area contributed by atoms with E-state index >= 15 is 0 Å². The van der Waals surface area contributed by atoms with Gasteiger partial charge in [0.05, 0.1) is 6.26 Å². The molecule has 0 aliphatic carbocycles. The molecular weight excluding hydrogens is 186 g/mol. The second-order valence-corrected chi connectivity index (χ2v) is 3.87. The normalized spacial score (nSPS) is 10.9. The summed E-state index contributed by atoms with van der Waals surface area (Å²) in [6, 6.07) is 12.2. The highest BCUT2D eigenvalue weighted by Gasteiger charge is 2.06.